The van der Waals surface area contributed by atoms with Crippen LogP contribution < -0.4 is 10.5 Å². The second-order valence-electron chi connectivity index (χ2n) is 1.74. The zero-order valence-electron chi connectivity index (χ0n) is 5.47. The van der Waals surface area contributed by atoms with Gasteiger partial charge in [-0.3, -0.25) is 0 Å². The van der Waals surface area contributed by atoms with Crippen molar-refractivity contribution in [3.8, 4) is 5.75 Å². The number of pyridine rings is 1. The van der Waals surface area contributed by atoms with Gasteiger partial charge in [0.05, 0.1) is 13.3 Å². The van der Waals surface area contributed by atoms with Gasteiger partial charge < -0.3 is 10.5 Å². The molecule has 0 amide bonds. The fraction of sp³-hybridized carbons (Fsp3) is 0.167. The maximum Gasteiger partial charge on any atom is 0.172 e. The highest BCUT2D eigenvalue weighted by molar-refractivity contribution is 5.33. The third kappa shape index (κ3) is 1.15. The summed E-state index contributed by atoms with van der Waals surface area (Å²) < 4.78 is 17.2. The van der Waals surface area contributed by atoms with Crippen LogP contribution in [0.25, 0.3) is 0 Å². The minimum atomic E-state index is -0.491. The van der Waals surface area contributed by atoms with E-state index in [1.807, 2.05) is 0 Å². The summed E-state index contributed by atoms with van der Waals surface area (Å²) in [4.78, 5) is 3.62. The van der Waals surface area contributed by atoms with Crippen LogP contribution in [0.5, 0.6) is 5.75 Å². The number of ether oxygens (including phenoxy) is 1. The molecule has 0 aliphatic heterocycles. The molecule has 1 heterocycles. The van der Waals surface area contributed by atoms with E-state index in [0.717, 1.165) is 6.07 Å². The second-order valence-corrected chi connectivity index (χ2v) is 1.74. The minimum absolute atomic E-state index is 0.106. The fourth-order valence-electron chi connectivity index (χ4n) is 0.583. The van der Waals surface area contributed by atoms with Gasteiger partial charge in [0, 0.05) is 6.07 Å². The van der Waals surface area contributed by atoms with Crippen molar-refractivity contribution >= 4 is 5.82 Å². The van der Waals surface area contributed by atoms with E-state index < -0.39 is 5.82 Å². The molecule has 0 unspecified atom stereocenters. The Morgan fingerprint density at radius 3 is 2.90 bits per heavy atom. The van der Waals surface area contributed by atoms with Crippen LogP contribution in [-0.2, 0) is 0 Å². The summed E-state index contributed by atoms with van der Waals surface area (Å²) in [6.07, 6.45) is 1.24. The number of nitrogen functional groups attached to an aromatic ring is 1. The first-order valence-electron chi connectivity index (χ1n) is 2.69. The van der Waals surface area contributed by atoms with Gasteiger partial charge >= 0.3 is 0 Å². The fourth-order valence-corrected chi connectivity index (χ4v) is 0.583. The average Bonchev–Trinajstić information content (AvgIpc) is 1.88. The summed E-state index contributed by atoms with van der Waals surface area (Å²) in [6.45, 7) is 0. The lowest BCUT2D eigenvalue weighted by atomic mass is 10.4. The van der Waals surface area contributed by atoms with Crippen LogP contribution in [0.3, 0.4) is 0 Å². The Hall–Kier alpha value is -1.32. The van der Waals surface area contributed by atoms with Gasteiger partial charge in [-0.15, -0.1) is 0 Å². The van der Waals surface area contributed by atoms with Gasteiger partial charge in [-0.25, -0.2) is 9.37 Å². The molecular formula is C6H7FN2O. The van der Waals surface area contributed by atoms with Crippen LogP contribution in [0, 0.1) is 5.82 Å². The number of methoxy groups -OCH3 is 1. The average molecular weight is 142 g/mol. The number of anilines is 1. The van der Waals surface area contributed by atoms with Gasteiger partial charge in [-0.2, -0.15) is 0 Å². The molecule has 0 fully saturated rings. The quantitative estimate of drug-likeness (QED) is 0.631. The number of hydrogen-bond acceptors (Lipinski definition) is 3. The predicted molar refractivity (Wildman–Crippen MR) is 35.2 cm³/mol. The Labute approximate surface area is 57.6 Å². The van der Waals surface area contributed by atoms with E-state index in [4.69, 9.17) is 5.73 Å². The Morgan fingerprint density at radius 1 is 1.70 bits per heavy atom. The van der Waals surface area contributed by atoms with E-state index in [0.29, 0.717) is 0 Å². The standard InChI is InChI=1S/C6H7FN2O/c1-10-5-3-9-6(8)2-4(5)7/h2-3H,1H3,(H2,8,9). The maximum absolute atomic E-state index is 12.6. The molecule has 54 valence electrons. The van der Waals surface area contributed by atoms with Crippen LogP contribution in [-0.4, -0.2) is 12.1 Å². The Kier molecular flexibility index (Phi) is 1.71. The third-order valence-electron chi connectivity index (χ3n) is 1.06. The first-order chi connectivity index (χ1) is 4.74. The molecule has 0 aromatic carbocycles. The van der Waals surface area contributed by atoms with Gasteiger partial charge in [0.25, 0.3) is 0 Å². The number of nitrogens with two attached hydrogens (primary N) is 1. The van der Waals surface area contributed by atoms with Crippen LogP contribution >= 0.6 is 0 Å². The van der Waals surface area contributed by atoms with E-state index >= 15 is 0 Å². The molecule has 0 atom stereocenters. The molecule has 10 heavy (non-hydrogen) atoms. The molecule has 3 nitrogen and oxygen atoms in total. The van der Waals surface area contributed by atoms with E-state index in [9.17, 15) is 4.39 Å². The zero-order valence-corrected chi connectivity index (χ0v) is 5.47. The van der Waals surface area contributed by atoms with Crippen molar-refractivity contribution in [2.45, 2.75) is 0 Å². The Bertz CT molecular complexity index is 239. The first-order valence-corrected chi connectivity index (χ1v) is 2.69. The maximum atomic E-state index is 12.6. The molecule has 2 N–H and O–H groups in total. The SMILES string of the molecule is COc1cnc(N)cc1F. The molecule has 0 spiro atoms. The summed E-state index contributed by atoms with van der Waals surface area (Å²) in [5.74, 6) is -0.234. The normalized spacial score (nSPS) is 9.40. The highest BCUT2D eigenvalue weighted by Crippen LogP contribution is 2.15. The molecule has 0 saturated carbocycles. The van der Waals surface area contributed by atoms with E-state index in [1.54, 1.807) is 0 Å². The third-order valence-corrected chi connectivity index (χ3v) is 1.06. The van der Waals surface area contributed by atoms with Crippen LogP contribution in [0.2, 0.25) is 0 Å². The highest BCUT2D eigenvalue weighted by atomic mass is 19.1. The van der Waals surface area contributed by atoms with Crippen molar-refractivity contribution in [3.63, 3.8) is 0 Å². The van der Waals surface area contributed by atoms with E-state index in [2.05, 4.69) is 9.72 Å². The van der Waals surface area contributed by atoms with Gasteiger partial charge in [-0.1, -0.05) is 0 Å². The lowest BCUT2D eigenvalue weighted by Crippen LogP contribution is -1.94. The lowest BCUT2D eigenvalue weighted by molar-refractivity contribution is 0.384. The van der Waals surface area contributed by atoms with Gasteiger partial charge in [0.15, 0.2) is 11.6 Å². The number of hydrogen-bond donors (Lipinski definition) is 1. The molecule has 1 aromatic heterocycles. The molecular weight excluding hydrogens is 135 g/mol. The van der Waals surface area contributed by atoms with Crippen molar-refractivity contribution in [3.05, 3.63) is 18.1 Å². The Balaban J connectivity index is 3.07. The minimum Gasteiger partial charge on any atom is -0.492 e. The van der Waals surface area contributed by atoms with Gasteiger partial charge in [0.1, 0.15) is 5.82 Å². The predicted octanol–water partition coefficient (Wildman–Crippen LogP) is 0.811. The summed E-state index contributed by atoms with van der Waals surface area (Å²) in [6, 6.07) is 1.11. The molecule has 0 aliphatic carbocycles. The second kappa shape index (κ2) is 2.51. The van der Waals surface area contributed by atoms with Crippen molar-refractivity contribution in [2.24, 2.45) is 0 Å². The summed E-state index contributed by atoms with van der Waals surface area (Å²) >= 11 is 0. The van der Waals surface area contributed by atoms with Crippen molar-refractivity contribution < 1.29 is 9.13 Å². The molecule has 1 rings (SSSR count). The lowest BCUT2D eigenvalue weighted by Gasteiger charge is -1.99. The van der Waals surface area contributed by atoms with E-state index in [-0.39, 0.29) is 11.6 Å². The Morgan fingerprint density at radius 2 is 2.40 bits per heavy atom. The van der Waals surface area contributed by atoms with Crippen LogP contribution in [0.15, 0.2) is 12.3 Å². The number of halogens is 1. The van der Waals surface area contributed by atoms with Crippen LogP contribution in [0.1, 0.15) is 0 Å². The monoisotopic (exact) mass is 142 g/mol. The molecule has 0 aliphatic rings. The molecule has 0 radical (unpaired) electrons. The summed E-state index contributed by atoms with van der Waals surface area (Å²) in [5.41, 5.74) is 5.18. The van der Waals surface area contributed by atoms with Crippen molar-refractivity contribution in [2.75, 3.05) is 12.8 Å². The summed E-state index contributed by atoms with van der Waals surface area (Å²) in [5, 5.41) is 0. The zero-order chi connectivity index (χ0) is 7.56. The van der Waals surface area contributed by atoms with E-state index in [1.165, 1.54) is 13.3 Å². The number of nitrogens with zero attached hydrogens (tertiary/aromatic N) is 1. The molecule has 0 saturated heterocycles. The van der Waals surface area contributed by atoms with Crippen molar-refractivity contribution in [1.29, 1.82) is 0 Å². The van der Waals surface area contributed by atoms with Gasteiger partial charge in [-0.05, 0) is 0 Å². The van der Waals surface area contributed by atoms with Gasteiger partial charge in [0.2, 0.25) is 0 Å². The van der Waals surface area contributed by atoms with Crippen molar-refractivity contribution in [1.82, 2.24) is 4.98 Å². The molecule has 1 aromatic rings. The largest absolute Gasteiger partial charge is 0.492 e. The highest BCUT2D eigenvalue weighted by Gasteiger charge is 2.00. The topological polar surface area (TPSA) is 48.1 Å². The smallest absolute Gasteiger partial charge is 0.172 e. The molecule has 0 bridgehead atoms. The molecule has 4 heteroatoms. The van der Waals surface area contributed by atoms with Crippen LogP contribution in [0.4, 0.5) is 10.2 Å². The number of aromatic nitrogens is 1. The summed E-state index contributed by atoms with van der Waals surface area (Å²) in [7, 11) is 1.37. The number of rotatable bonds is 1. The first kappa shape index (κ1) is 6.80.